The third-order valence-corrected chi connectivity index (χ3v) is 4.12. The van der Waals surface area contributed by atoms with Gasteiger partial charge in [0.15, 0.2) is 5.78 Å². The third-order valence-electron chi connectivity index (χ3n) is 4.12. The van der Waals surface area contributed by atoms with Gasteiger partial charge in [-0.1, -0.05) is 42.5 Å². The second-order valence-corrected chi connectivity index (χ2v) is 6.62. The fourth-order valence-electron chi connectivity index (χ4n) is 2.78. The summed E-state index contributed by atoms with van der Waals surface area (Å²) in [6, 6.07) is 15.2. The van der Waals surface area contributed by atoms with Gasteiger partial charge in [0.25, 0.3) is 0 Å². The maximum Gasteiger partial charge on any atom is 0.387 e. The number of halogens is 2. The Bertz CT molecular complexity index is 767. The van der Waals surface area contributed by atoms with E-state index >= 15 is 0 Å². The quantitative estimate of drug-likeness (QED) is 0.678. The summed E-state index contributed by atoms with van der Waals surface area (Å²) >= 11 is 0. The molecule has 1 atom stereocenters. The van der Waals surface area contributed by atoms with Crippen molar-refractivity contribution in [3.63, 3.8) is 0 Å². The second-order valence-electron chi connectivity index (χ2n) is 6.62. The van der Waals surface area contributed by atoms with Crippen LogP contribution in [-0.4, -0.2) is 42.8 Å². The van der Waals surface area contributed by atoms with Crippen molar-refractivity contribution >= 4 is 11.7 Å². The summed E-state index contributed by atoms with van der Waals surface area (Å²) in [4.78, 5) is 26.0. The highest BCUT2D eigenvalue weighted by molar-refractivity contribution is 5.88. The van der Waals surface area contributed by atoms with Crippen molar-refractivity contribution in [2.24, 2.45) is 0 Å². The first-order chi connectivity index (χ1) is 13.3. The topological polar surface area (TPSA) is 58.6 Å². The van der Waals surface area contributed by atoms with Crippen LogP contribution in [0.4, 0.5) is 8.78 Å². The number of ether oxygens (including phenoxy) is 1. The number of ketones is 1. The number of nitrogens with one attached hydrogen (secondary N) is 1. The van der Waals surface area contributed by atoms with Crippen molar-refractivity contribution in [3.8, 4) is 5.75 Å². The number of carbonyl (C=O) groups is 2. The normalized spacial score (nSPS) is 12.1. The molecule has 2 rings (SSSR count). The Labute approximate surface area is 163 Å². The molecule has 0 spiro atoms. The largest absolute Gasteiger partial charge is 0.435 e. The van der Waals surface area contributed by atoms with Gasteiger partial charge >= 0.3 is 6.61 Å². The lowest BCUT2D eigenvalue weighted by Gasteiger charge is -2.20. The minimum Gasteiger partial charge on any atom is -0.435 e. The lowest BCUT2D eigenvalue weighted by Crippen LogP contribution is -2.45. The first-order valence-corrected chi connectivity index (χ1v) is 8.89. The van der Waals surface area contributed by atoms with Crippen LogP contribution in [0.25, 0.3) is 0 Å². The first-order valence-electron chi connectivity index (χ1n) is 8.89. The van der Waals surface area contributed by atoms with E-state index < -0.39 is 12.7 Å². The smallest absolute Gasteiger partial charge is 0.387 e. The van der Waals surface area contributed by atoms with Crippen molar-refractivity contribution in [3.05, 3.63) is 65.7 Å². The predicted molar refractivity (Wildman–Crippen MR) is 102 cm³/mol. The van der Waals surface area contributed by atoms with E-state index in [-0.39, 0.29) is 24.0 Å². The fraction of sp³-hybridized carbons (Fsp3) is 0.333. The molecule has 150 valence electrons. The zero-order valence-electron chi connectivity index (χ0n) is 15.9. The SMILES string of the molecule is CC(=O)[C@H](Cc1ccccc1)NC(=O)CN(C)Cc1ccc(OC(F)F)cc1. The summed E-state index contributed by atoms with van der Waals surface area (Å²) in [7, 11) is 1.77. The molecular formula is C21H24F2N2O3. The molecule has 0 aliphatic heterocycles. The molecule has 0 bridgehead atoms. The van der Waals surface area contributed by atoms with Gasteiger partial charge in [0.05, 0.1) is 12.6 Å². The Morgan fingerprint density at radius 1 is 1.04 bits per heavy atom. The third kappa shape index (κ3) is 7.44. The van der Waals surface area contributed by atoms with Crippen LogP contribution in [0.5, 0.6) is 5.75 Å². The Balaban J connectivity index is 1.85. The zero-order valence-corrected chi connectivity index (χ0v) is 15.9. The van der Waals surface area contributed by atoms with Crippen molar-refractivity contribution < 1.29 is 23.1 Å². The number of benzene rings is 2. The van der Waals surface area contributed by atoms with Crippen molar-refractivity contribution in [1.82, 2.24) is 10.2 Å². The fourth-order valence-corrected chi connectivity index (χ4v) is 2.78. The summed E-state index contributed by atoms with van der Waals surface area (Å²) in [5, 5.41) is 2.78. The van der Waals surface area contributed by atoms with Crippen molar-refractivity contribution in [2.75, 3.05) is 13.6 Å². The van der Waals surface area contributed by atoms with E-state index in [2.05, 4.69) is 10.1 Å². The average Bonchev–Trinajstić information content (AvgIpc) is 2.63. The minimum absolute atomic E-state index is 0.0874. The highest BCUT2D eigenvalue weighted by Gasteiger charge is 2.18. The molecule has 7 heteroatoms. The molecule has 0 radical (unpaired) electrons. The lowest BCUT2D eigenvalue weighted by atomic mass is 10.0. The van der Waals surface area contributed by atoms with Crippen LogP contribution in [0, 0.1) is 0 Å². The molecule has 0 aliphatic carbocycles. The molecule has 0 heterocycles. The molecule has 0 aliphatic rings. The van der Waals surface area contributed by atoms with Crippen molar-refractivity contribution in [1.29, 1.82) is 0 Å². The minimum atomic E-state index is -2.86. The number of carbonyl (C=O) groups excluding carboxylic acids is 2. The molecule has 1 amide bonds. The van der Waals surface area contributed by atoms with Crippen LogP contribution in [0.2, 0.25) is 0 Å². The van der Waals surface area contributed by atoms with Gasteiger partial charge in [-0.3, -0.25) is 14.5 Å². The number of alkyl halides is 2. The maximum absolute atomic E-state index is 12.3. The average molecular weight is 390 g/mol. The second kappa shape index (κ2) is 10.5. The number of hydrogen-bond acceptors (Lipinski definition) is 4. The van der Waals surface area contributed by atoms with Crippen molar-refractivity contribution in [2.45, 2.75) is 32.5 Å². The number of rotatable bonds is 10. The standard InChI is InChI=1S/C21H24F2N2O3/c1-15(26)19(12-16-6-4-3-5-7-16)24-20(27)14-25(2)13-17-8-10-18(11-9-17)28-21(22)23/h3-11,19,21H,12-14H2,1-2H3,(H,24,27)/t19-/m0/s1. The van der Waals surface area contributed by atoms with E-state index in [1.165, 1.54) is 19.1 Å². The van der Waals surface area contributed by atoms with Gasteiger partial charge in [0.2, 0.25) is 5.91 Å². The van der Waals surface area contributed by atoms with Gasteiger partial charge in [0.1, 0.15) is 5.75 Å². The van der Waals surface area contributed by atoms with E-state index in [0.717, 1.165) is 11.1 Å². The Morgan fingerprint density at radius 3 is 2.25 bits per heavy atom. The number of likely N-dealkylation sites (N-methyl/N-ethyl adjacent to an activating group) is 1. The Morgan fingerprint density at radius 2 is 1.68 bits per heavy atom. The van der Waals surface area contributed by atoms with Crippen LogP contribution in [-0.2, 0) is 22.6 Å². The summed E-state index contributed by atoms with van der Waals surface area (Å²) in [6.45, 7) is -0.845. The van der Waals surface area contributed by atoms with Gasteiger partial charge in [-0.05, 0) is 43.7 Å². The summed E-state index contributed by atoms with van der Waals surface area (Å²) in [5.74, 6) is -0.268. The lowest BCUT2D eigenvalue weighted by molar-refractivity contribution is -0.127. The number of Topliss-reactive ketones (excluding diaryl/α,β-unsaturated/α-hetero) is 1. The van der Waals surface area contributed by atoms with E-state index in [4.69, 9.17) is 0 Å². The van der Waals surface area contributed by atoms with Gasteiger partial charge in [-0.25, -0.2) is 0 Å². The van der Waals surface area contributed by atoms with Crippen LogP contribution in [0.3, 0.4) is 0 Å². The molecule has 0 aromatic heterocycles. The summed E-state index contributed by atoms with van der Waals surface area (Å²) in [6.07, 6.45) is 0.442. The van der Waals surface area contributed by atoms with E-state index in [9.17, 15) is 18.4 Å². The van der Waals surface area contributed by atoms with Crippen LogP contribution < -0.4 is 10.1 Å². The highest BCUT2D eigenvalue weighted by Crippen LogP contribution is 2.15. The Kier molecular flexibility index (Phi) is 8.07. The van der Waals surface area contributed by atoms with E-state index in [1.807, 2.05) is 30.3 Å². The molecule has 28 heavy (non-hydrogen) atoms. The number of amides is 1. The van der Waals surface area contributed by atoms with Gasteiger partial charge < -0.3 is 10.1 Å². The molecule has 5 nitrogen and oxygen atoms in total. The van der Waals surface area contributed by atoms with Gasteiger partial charge in [0, 0.05) is 6.54 Å². The number of nitrogens with zero attached hydrogens (tertiary/aromatic N) is 1. The molecule has 1 N–H and O–H groups in total. The van der Waals surface area contributed by atoms with Gasteiger partial charge in [-0.15, -0.1) is 0 Å². The maximum atomic E-state index is 12.3. The van der Waals surface area contributed by atoms with Gasteiger partial charge in [-0.2, -0.15) is 8.78 Å². The summed E-state index contributed by atoms with van der Waals surface area (Å²) < 4.78 is 28.7. The molecule has 0 saturated heterocycles. The monoisotopic (exact) mass is 390 g/mol. The molecule has 2 aromatic carbocycles. The molecule has 0 fully saturated rings. The zero-order chi connectivity index (χ0) is 20.5. The van der Waals surface area contributed by atoms with E-state index in [0.29, 0.717) is 13.0 Å². The summed E-state index contributed by atoms with van der Waals surface area (Å²) in [5.41, 5.74) is 1.83. The highest BCUT2D eigenvalue weighted by atomic mass is 19.3. The molecule has 2 aromatic rings. The van der Waals surface area contributed by atoms with E-state index in [1.54, 1.807) is 24.1 Å². The molecule has 0 unspecified atom stereocenters. The van der Waals surface area contributed by atoms with Crippen LogP contribution in [0.1, 0.15) is 18.1 Å². The first kappa shape index (κ1) is 21.5. The van der Waals surface area contributed by atoms with Crippen LogP contribution >= 0.6 is 0 Å². The number of hydrogen-bond donors (Lipinski definition) is 1. The molecular weight excluding hydrogens is 366 g/mol. The van der Waals surface area contributed by atoms with Crippen LogP contribution in [0.15, 0.2) is 54.6 Å². The molecule has 0 saturated carbocycles. The Hall–Kier alpha value is -2.80. The predicted octanol–water partition coefficient (Wildman–Crippen LogP) is 3.04.